The average molecular weight is 749 g/mol. The third-order valence-corrected chi connectivity index (χ3v) is 14.4. The van der Waals surface area contributed by atoms with Gasteiger partial charge in [-0.3, -0.25) is 4.79 Å². The molecule has 0 aliphatic heterocycles. The van der Waals surface area contributed by atoms with E-state index in [1.165, 1.54) is 6.07 Å². The lowest BCUT2D eigenvalue weighted by Gasteiger charge is -2.39. The van der Waals surface area contributed by atoms with Crippen LogP contribution in [-0.4, -0.2) is 65.5 Å². The van der Waals surface area contributed by atoms with Gasteiger partial charge in [-0.1, -0.05) is 71.0 Å². The second-order valence-electron chi connectivity index (χ2n) is 14.3. The molecule has 0 N–H and O–H groups in total. The molecule has 0 heterocycles. The zero-order chi connectivity index (χ0) is 39.1. The van der Waals surface area contributed by atoms with E-state index >= 15 is 0 Å². The molecule has 0 radical (unpaired) electrons. The fourth-order valence-corrected chi connectivity index (χ4v) is 7.08. The van der Waals surface area contributed by atoms with Gasteiger partial charge in [-0.15, -0.1) is 0 Å². The van der Waals surface area contributed by atoms with Crippen LogP contribution in [0.25, 0.3) is 6.08 Å². The Morgan fingerprint density at radius 1 is 0.863 bits per heavy atom. The third kappa shape index (κ3) is 10.4. The van der Waals surface area contributed by atoms with Crippen molar-refractivity contribution in [2.45, 2.75) is 122 Å². The topological polar surface area (TPSA) is 63.2 Å². The minimum Gasteiger partial charge on any atom is -0.491 e. The van der Waals surface area contributed by atoms with E-state index in [4.69, 9.17) is 13.9 Å². The molecule has 2 aromatic carbocycles. The maximum Gasteiger partial charge on any atom is 0.430 e. The Morgan fingerprint density at radius 2 is 1.41 bits per heavy atom. The molecule has 2 rings (SSSR count). The van der Waals surface area contributed by atoms with Crippen LogP contribution in [0.4, 0.5) is 26.3 Å². The number of benzene rings is 2. The number of methoxy groups -OCH3 is 1. The summed E-state index contributed by atoms with van der Waals surface area (Å²) in [4.78, 5) is 12.4. The lowest BCUT2D eigenvalue weighted by atomic mass is 9.70. The van der Waals surface area contributed by atoms with Crippen molar-refractivity contribution < 1.29 is 54.5 Å². The van der Waals surface area contributed by atoms with Gasteiger partial charge in [0, 0.05) is 12.5 Å². The molecular weight excluding hydrogens is 694 g/mol. The molecular formula is C38H54F6O6Si. The van der Waals surface area contributed by atoms with Gasteiger partial charge in [-0.25, -0.2) is 0 Å². The van der Waals surface area contributed by atoms with Gasteiger partial charge in [0.2, 0.25) is 0 Å². The number of carbonyl (C=O) groups is 1. The van der Waals surface area contributed by atoms with Gasteiger partial charge in [0.15, 0.2) is 8.32 Å². The van der Waals surface area contributed by atoms with Gasteiger partial charge in [-0.05, 0) is 91.7 Å². The van der Waals surface area contributed by atoms with E-state index in [1.54, 1.807) is 26.0 Å². The summed E-state index contributed by atoms with van der Waals surface area (Å²) in [5.41, 5.74) is -1.71. The first-order chi connectivity index (χ1) is 23.4. The minimum absolute atomic E-state index is 0.00235. The minimum atomic E-state index is -5.79. The standard InChI is InChI=1S/C38H54F6O6Si/c1-12-35(13-2,29-16-15-28(26(4)21-29)19-20-36(37(39,40)41,38(42,43)44)49-25-46-9)30-17-18-32(27(5)22-30)48-24-31(23-33(45)47-14-3)50-51(10,11)34(6,7)8/h15-22,31H,12-14,23-25H2,1-11H3. The zero-order valence-electron chi connectivity index (χ0n) is 31.7. The fourth-order valence-electron chi connectivity index (χ4n) is 5.74. The molecule has 51 heavy (non-hydrogen) atoms. The number of halogens is 6. The largest absolute Gasteiger partial charge is 0.491 e. The summed E-state index contributed by atoms with van der Waals surface area (Å²) in [7, 11) is -1.30. The molecule has 0 bridgehead atoms. The highest BCUT2D eigenvalue weighted by atomic mass is 28.4. The average Bonchev–Trinajstić information content (AvgIpc) is 3.00. The van der Waals surface area contributed by atoms with Gasteiger partial charge in [-0.2, -0.15) is 26.3 Å². The third-order valence-electron chi connectivity index (χ3n) is 9.89. The van der Waals surface area contributed by atoms with Crippen molar-refractivity contribution in [2.24, 2.45) is 0 Å². The van der Waals surface area contributed by atoms with Crippen LogP contribution in [0.2, 0.25) is 18.1 Å². The predicted octanol–water partition coefficient (Wildman–Crippen LogP) is 10.6. The molecule has 1 atom stereocenters. The Labute approximate surface area is 300 Å². The van der Waals surface area contributed by atoms with Crippen LogP contribution in [0.15, 0.2) is 42.5 Å². The number of hydrogen-bond acceptors (Lipinski definition) is 6. The molecule has 0 fully saturated rings. The predicted molar refractivity (Wildman–Crippen MR) is 189 cm³/mol. The van der Waals surface area contributed by atoms with Crippen LogP contribution in [0.1, 0.15) is 88.6 Å². The van der Waals surface area contributed by atoms with Gasteiger partial charge in [0.1, 0.15) is 19.1 Å². The van der Waals surface area contributed by atoms with Gasteiger partial charge < -0.3 is 23.4 Å². The number of rotatable bonds is 17. The fraction of sp³-hybridized carbons (Fsp3) is 0.605. The van der Waals surface area contributed by atoms with Crippen molar-refractivity contribution in [1.82, 2.24) is 0 Å². The summed E-state index contributed by atoms with van der Waals surface area (Å²) in [6.45, 7) is 19.2. The molecule has 2 aromatic rings. The first kappa shape index (κ1) is 44.3. The van der Waals surface area contributed by atoms with E-state index in [0.29, 0.717) is 24.2 Å². The normalized spacial score (nSPS) is 14.2. The van der Waals surface area contributed by atoms with Gasteiger partial charge >= 0.3 is 18.3 Å². The summed E-state index contributed by atoms with van der Waals surface area (Å²) in [5, 5.41) is -0.0802. The lowest BCUT2D eigenvalue weighted by Crippen LogP contribution is -2.57. The van der Waals surface area contributed by atoms with Crippen LogP contribution in [0.3, 0.4) is 0 Å². The second-order valence-corrected chi connectivity index (χ2v) is 19.0. The van der Waals surface area contributed by atoms with Crippen LogP contribution >= 0.6 is 0 Å². The Balaban J connectivity index is 2.46. The van der Waals surface area contributed by atoms with Crippen LogP contribution in [-0.2, 0) is 28.8 Å². The maximum absolute atomic E-state index is 13.8. The van der Waals surface area contributed by atoms with Crippen molar-refractivity contribution in [3.05, 3.63) is 70.3 Å². The van der Waals surface area contributed by atoms with Crippen molar-refractivity contribution in [3.8, 4) is 5.75 Å². The quantitative estimate of drug-likeness (QED) is 0.0695. The van der Waals surface area contributed by atoms with Crippen molar-refractivity contribution in [2.75, 3.05) is 27.1 Å². The maximum atomic E-state index is 13.8. The Bertz CT molecular complexity index is 1460. The van der Waals surface area contributed by atoms with Crippen molar-refractivity contribution in [3.63, 3.8) is 0 Å². The molecule has 288 valence electrons. The van der Waals surface area contributed by atoms with E-state index in [0.717, 1.165) is 29.9 Å². The van der Waals surface area contributed by atoms with E-state index in [2.05, 4.69) is 43.3 Å². The van der Waals surface area contributed by atoms with E-state index in [-0.39, 0.29) is 42.3 Å². The van der Waals surface area contributed by atoms with E-state index in [9.17, 15) is 31.1 Å². The molecule has 6 nitrogen and oxygen atoms in total. The van der Waals surface area contributed by atoms with Gasteiger partial charge in [0.05, 0.1) is 19.1 Å². The smallest absolute Gasteiger partial charge is 0.430 e. The number of ether oxygens (including phenoxy) is 4. The van der Waals surface area contributed by atoms with Crippen molar-refractivity contribution in [1.29, 1.82) is 0 Å². The number of hydrogen-bond donors (Lipinski definition) is 0. The summed E-state index contributed by atoms with van der Waals surface area (Å²) in [6.07, 6.45) is -9.92. The summed E-state index contributed by atoms with van der Waals surface area (Å²) in [5.74, 6) is 0.265. The number of alkyl halides is 6. The van der Waals surface area contributed by atoms with E-state index < -0.39 is 44.6 Å². The molecule has 0 saturated heterocycles. The Hall–Kier alpha value is -2.87. The van der Waals surface area contributed by atoms with Crippen LogP contribution in [0.5, 0.6) is 5.75 Å². The highest BCUT2D eigenvalue weighted by Gasteiger charge is 2.71. The highest BCUT2D eigenvalue weighted by Crippen LogP contribution is 2.48. The number of carbonyl (C=O) groups excluding carboxylic acids is 1. The number of esters is 1. The van der Waals surface area contributed by atoms with Gasteiger partial charge in [0.25, 0.3) is 5.60 Å². The molecule has 0 spiro atoms. The lowest BCUT2D eigenvalue weighted by molar-refractivity contribution is -0.372. The molecule has 1 unspecified atom stereocenters. The van der Waals surface area contributed by atoms with E-state index in [1.807, 2.05) is 39.0 Å². The Kier molecular flexibility index (Phi) is 15.0. The highest BCUT2D eigenvalue weighted by molar-refractivity contribution is 6.74. The summed E-state index contributed by atoms with van der Waals surface area (Å²) in [6, 6.07) is 10.9. The SMILES string of the molecule is CCOC(=O)CC(COc1ccc(C(CC)(CC)c2ccc(C=CC(OCOC)(C(F)(F)F)C(F)(F)F)c(C)c2)cc1C)O[Si](C)(C)C(C)(C)C. The molecule has 0 amide bonds. The zero-order valence-corrected chi connectivity index (χ0v) is 32.7. The Morgan fingerprint density at radius 3 is 1.86 bits per heavy atom. The molecule has 0 aliphatic rings. The van der Waals surface area contributed by atoms with Crippen LogP contribution in [0, 0.1) is 13.8 Å². The molecule has 0 aliphatic carbocycles. The second kappa shape index (κ2) is 17.3. The first-order valence-corrected chi connectivity index (χ1v) is 20.0. The summed E-state index contributed by atoms with van der Waals surface area (Å²) < 4.78 is 110. The molecule has 0 saturated carbocycles. The molecule has 13 heteroatoms. The van der Waals surface area contributed by atoms with Crippen LogP contribution < -0.4 is 4.74 Å². The van der Waals surface area contributed by atoms with Crippen molar-refractivity contribution >= 4 is 20.4 Å². The summed E-state index contributed by atoms with van der Waals surface area (Å²) >= 11 is 0. The number of aryl methyl sites for hydroxylation is 2. The first-order valence-electron chi connectivity index (χ1n) is 17.1. The monoisotopic (exact) mass is 748 g/mol. The molecule has 0 aromatic heterocycles.